The first-order valence-electron chi connectivity index (χ1n) is 7.98. The number of ether oxygens (including phenoxy) is 2. The number of unbranched alkanes of at least 4 members (excludes halogenated alkanes) is 1. The van der Waals surface area contributed by atoms with Crippen LogP contribution in [0.25, 0.3) is 10.9 Å². The van der Waals surface area contributed by atoms with Crippen molar-refractivity contribution in [2.75, 3.05) is 19.8 Å². The van der Waals surface area contributed by atoms with Crippen molar-refractivity contribution in [1.29, 1.82) is 0 Å². The summed E-state index contributed by atoms with van der Waals surface area (Å²) in [7, 11) is 0. The summed E-state index contributed by atoms with van der Waals surface area (Å²) in [6, 6.07) is 6.24. The van der Waals surface area contributed by atoms with Gasteiger partial charge in [0.25, 0.3) is 0 Å². The molecule has 3 rings (SSSR count). The molecule has 0 spiro atoms. The van der Waals surface area contributed by atoms with Crippen LogP contribution in [0.4, 0.5) is 0 Å². The Kier molecular flexibility index (Phi) is 4.73. The number of rotatable bonds is 6. The first kappa shape index (κ1) is 15.0. The fraction of sp³-hybridized carbons (Fsp3) is 0.529. The third-order valence-corrected chi connectivity index (χ3v) is 4.05. The predicted molar refractivity (Wildman–Crippen MR) is 83.8 cm³/mol. The van der Waals surface area contributed by atoms with E-state index < -0.39 is 0 Å². The van der Waals surface area contributed by atoms with Gasteiger partial charge in [-0.1, -0.05) is 31.5 Å². The van der Waals surface area contributed by atoms with E-state index in [9.17, 15) is 4.79 Å². The van der Waals surface area contributed by atoms with E-state index in [2.05, 4.69) is 12.0 Å². The van der Waals surface area contributed by atoms with Gasteiger partial charge in [-0.2, -0.15) is 5.10 Å². The second kappa shape index (κ2) is 6.92. The molecule has 0 aliphatic carbocycles. The molecule has 1 unspecified atom stereocenters. The Morgan fingerprint density at radius 2 is 2.41 bits per heavy atom. The average Bonchev–Trinajstić information content (AvgIpc) is 3.16. The van der Waals surface area contributed by atoms with Crippen LogP contribution in [0.15, 0.2) is 24.4 Å². The molecule has 0 amide bonds. The SMILES string of the molecule is CCCCOC(=O)Cc1cccc2cnn(C3CCOC3)c12. The molecular formula is C17H22N2O3. The Hall–Kier alpha value is -1.88. The van der Waals surface area contributed by atoms with Crippen molar-refractivity contribution in [3.8, 4) is 0 Å². The van der Waals surface area contributed by atoms with Gasteiger partial charge in [0.15, 0.2) is 0 Å². The third-order valence-electron chi connectivity index (χ3n) is 4.05. The van der Waals surface area contributed by atoms with Gasteiger partial charge in [0.2, 0.25) is 0 Å². The monoisotopic (exact) mass is 302 g/mol. The number of carbonyl (C=O) groups is 1. The second-order valence-corrected chi connectivity index (χ2v) is 5.71. The number of fused-ring (bicyclic) bond motifs is 1. The van der Waals surface area contributed by atoms with E-state index in [4.69, 9.17) is 9.47 Å². The highest BCUT2D eigenvalue weighted by atomic mass is 16.5. The molecule has 1 fully saturated rings. The van der Waals surface area contributed by atoms with Gasteiger partial charge in [-0.05, 0) is 18.4 Å². The van der Waals surface area contributed by atoms with Crippen molar-refractivity contribution in [2.24, 2.45) is 0 Å². The van der Waals surface area contributed by atoms with E-state index in [1.165, 1.54) is 0 Å². The van der Waals surface area contributed by atoms with E-state index in [0.717, 1.165) is 42.3 Å². The summed E-state index contributed by atoms with van der Waals surface area (Å²) in [6.07, 6.45) is 5.05. The van der Waals surface area contributed by atoms with Crippen molar-refractivity contribution in [1.82, 2.24) is 9.78 Å². The van der Waals surface area contributed by atoms with Crippen LogP contribution in [-0.4, -0.2) is 35.6 Å². The minimum Gasteiger partial charge on any atom is -0.465 e. The molecule has 0 saturated carbocycles. The number of hydrogen-bond acceptors (Lipinski definition) is 4. The lowest BCUT2D eigenvalue weighted by molar-refractivity contribution is -0.142. The van der Waals surface area contributed by atoms with Crippen LogP contribution in [-0.2, 0) is 20.7 Å². The summed E-state index contributed by atoms with van der Waals surface area (Å²) >= 11 is 0. The Labute approximate surface area is 130 Å². The number of esters is 1. The number of hydrogen-bond donors (Lipinski definition) is 0. The molecule has 0 radical (unpaired) electrons. The zero-order valence-electron chi connectivity index (χ0n) is 13.0. The van der Waals surface area contributed by atoms with Gasteiger partial charge in [0, 0.05) is 12.0 Å². The molecule has 1 aliphatic rings. The molecule has 2 heterocycles. The van der Waals surface area contributed by atoms with E-state index in [-0.39, 0.29) is 12.0 Å². The molecule has 1 atom stereocenters. The van der Waals surface area contributed by atoms with Gasteiger partial charge in [-0.15, -0.1) is 0 Å². The standard InChI is InChI=1S/C17H22N2O3/c1-2-3-8-22-16(20)10-13-5-4-6-14-11-18-19(17(13)14)15-7-9-21-12-15/h4-6,11,15H,2-3,7-10,12H2,1H3. The minimum atomic E-state index is -0.170. The van der Waals surface area contributed by atoms with Crippen molar-refractivity contribution in [2.45, 2.75) is 38.6 Å². The van der Waals surface area contributed by atoms with Crippen molar-refractivity contribution in [3.05, 3.63) is 30.0 Å². The number of aromatic nitrogens is 2. The van der Waals surface area contributed by atoms with E-state index in [0.29, 0.717) is 19.6 Å². The van der Waals surface area contributed by atoms with Gasteiger partial charge in [-0.3, -0.25) is 9.48 Å². The predicted octanol–water partition coefficient (Wildman–Crippen LogP) is 2.88. The first-order chi connectivity index (χ1) is 10.8. The van der Waals surface area contributed by atoms with Gasteiger partial charge in [-0.25, -0.2) is 0 Å². The van der Waals surface area contributed by atoms with Crippen LogP contribution in [0.2, 0.25) is 0 Å². The second-order valence-electron chi connectivity index (χ2n) is 5.71. The summed E-state index contributed by atoms with van der Waals surface area (Å²) in [6.45, 7) is 4.04. The Morgan fingerprint density at radius 3 is 3.18 bits per heavy atom. The highest BCUT2D eigenvalue weighted by Crippen LogP contribution is 2.26. The largest absolute Gasteiger partial charge is 0.465 e. The number of benzene rings is 1. The van der Waals surface area contributed by atoms with Crippen LogP contribution < -0.4 is 0 Å². The lowest BCUT2D eigenvalue weighted by Crippen LogP contribution is -2.13. The summed E-state index contributed by atoms with van der Waals surface area (Å²) in [5.74, 6) is -0.170. The molecule has 2 aromatic rings. The van der Waals surface area contributed by atoms with E-state index in [1.54, 1.807) is 0 Å². The summed E-state index contributed by atoms with van der Waals surface area (Å²) < 4.78 is 12.8. The molecule has 0 N–H and O–H groups in total. The zero-order chi connectivity index (χ0) is 15.4. The van der Waals surface area contributed by atoms with Crippen LogP contribution in [0.3, 0.4) is 0 Å². The van der Waals surface area contributed by atoms with Crippen LogP contribution in [0, 0.1) is 0 Å². The third kappa shape index (κ3) is 3.14. The number of para-hydroxylation sites is 1. The van der Waals surface area contributed by atoms with Crippen LogP contribution in [0.5, 0.6) is 0 Å². The maximum Gasteiger partial charge on any atom is 0.310 e. The molecule has 0 bridgehead atoms. The lowest BCUT2D eigenvalue weighted by Gasteiger charge is -2.13. The fourth-order valence-corrected chi connectivity index (χ4v) is 2.85. The fourth-order valence-electron chi connectivity index (χ4n) is 2.85. The maximum atomic E-state index is 12.0. The van der Waals surface area contributed by atoms with Crippen LogP contribution in [0.1, 0.15) is 37.8 Å². The van der Waals surface area contributed by atoms with Gasteiger partial charge >= 0.3 is 5.97 Å². The van der Waals surface area contributed by atoms with E-state index in [1.807, 2.05) is 29.1 Å². The summed E-state index contributed by atoms with van der Waals surface area (Å²) in [5, 5.41) is 5.57. The molecule has 1 saturated heterocycles. The van der Waals surface area contributed by atoms with Crippen molar-refractivity contribution >= 4 is 16.9 Å². The van der Waals surface area contributed by atoms with Crippen molar-refractivity contribution in [3.63, 3.8) is 0 Å². The smallest absolute Gasteiger partial charge is 0.310 e. The molecule has 22 heavy (non-hydrogen) atoms. The minimum absolute atomic E-state index is 0.170. The highest BCUT2D eigenvalue weighted by molar-refractivity contribution is 5.86. The molecule has 5 heteroatoms. The number of nitrogens with zero attached hydrogens (tertiary/aromatic N) is 2. The normalized spacial score (nSPS) is 18.0. The average molecular weight is 302 g/mol. The summed E-state index contributed by atoms with van der Waals surface area (Å²) in [5.41, 5.74) is 2.01. The molecule has 1 aromatic carbocycles. The Balaban J connectivity index is 1.82. The summed E-state index contributed by atoms with van der Waals surface area (Å²) in [4.78, 5) is 12.0. The topological polar surface area (TPSA) is 53.3 Å². The molecule has 5 nitrogen and oxygen atoms in total. The maximum absolute atomic E-state index is 12.0. The Morgan fingerprint density at radius 1 is 1.50 bits per heavy atom. The molecule has 1 aliphatic heterocycles. The first-order valence-corrected chi connectivity index (χ1v) is 7.98. The van der Waals surface area contributed by atoms with Crippen LogP contribution >= 0.6 is 0 Å². The quantitative estimate of drug-likeness (QED) is 0.608. The number of carbonyl (C=O) groups excluding carboxylic acids is 1. The van der Waals surface area contributed by atoms with Gasteiger partial charge < -0.3 is 9.47 Å². The molecule has 1 aromatic heterocycles. The lowest BCUT2D eigenvalue weighted by atomic mass is 10.1. The van der Waals surface area contributed by atoms with Gasteiger partial charge in [0.05, 0.1) is 37.4 Å². The highest BCUT2D eigenvalue weighted by Gasteiger charge is 2.22. The van der Waals surface area contributed by atoms with Crippen molar-refractivity contribution < 1.29 is 14.3 Å². The Bertz CT molecular complexity index is 644. The molecular weight excluding hydrogens is 280 g/mol. The molecule has 118 valence electrons. The van der Waals surface area contributed by atoms with E-state index >= 15 is 0 Å². The van der Waals surface area contributed by atoms with Gasteiger partial charge in [0.1, 0.15) is 0 Å². The zero-order valence-corrected chi connectivity index (χ0v) is 13.0.